The Balaban J connectivity index is 2.29. The molecule has 5 nitrogen and oxygen atoms in total. The van der Waals surface area contributed by atoms with E-state index >= 15 is 0 Å². The quantitative estimate of drug-likeness (QED) is 0.705. The Morgan fingerprint density at radius 3 is 2.33 bits per heavy atom. The third-order valence-electron chi connectivity index (χ3n) is 2.79. The Hall–Kier alpha value is -2.43. The SMILES string of the molecule is Cc1cc(C)n(-c2nc3ccccc3nc2N)n1. The topological polar surface area (TPSA) is 69.6 Å². The molecular weight excluding hydrogens is 226 g/mol. The predicted molar refractivity (Wildman–Crippen MR) is 70.5 cm³/mol. The highest BCUT2D eigenvalue weighted by molar-refractivity contribution is 5.77. The maximum atomic E-state index is 5.96. The maximum absolute atomic E-state index is 5.96. The number of rotatable bonds is 1. The predicted octanol–water partition coefficient (Wildman–Crippen LogP) is 2.01. The molecule has 1 aromatic carbocycles. The molecule has 2 aromatic heterocycles. The van der Waals surface area contributed by atoms with Crippen molar-refractivity contribution in [2.45, 2.75) is 13.8 Å². The largest absolute Gasteiger partial charge is 0.381 e. The number of nitrogens with zero attached hydrogens (tertiary/aromatic N) is 4. The highest BCUT2D eigenvalue weighted by Crippen LogP contribution is 2.19. The molecule has 0 bridgehead atoms. The van der Waals surface area contributed by atoms with Crippen LogP contribution in [0, 0.1) is 13.8 Å². The van der Waals surface area contributed by atoms with E-state index in [4.69, 9.17) is 5.73 Å². The summed E-state index contributed by atoms with van der Waals surface area (Å²) in [6, 6.07) is 9.63. The van der Waals surface area contributed by atoms with E-state index in [9.17, 15) is 0 Å². The molecule has 0 fully saturated rings. The molecule has 0 radical (unpaired) electrons. The number of hydrogen-bond acceptors (Lipinski definition) is 4. The number of hydrogen-bond donors (Lipinski definition) is 1. The Kier molecular flexibility index (Phi) is 2.26. The van der Waals surface area contributed by atoms with Gasteiger partial charge in [-0.1, -0.05) is 12.1 Å². The van der Waals surface area contributed by atoms with Gasteiger partial charge in [0.2, 0.25) is 0 Å². The second-order valence-corrected chi connectivity index (χ2v) is 4.26. The van der Waals surface area contributed by atoms with Crippen LogP contribution in [-0.4, -0.2) is 19.7 Å². The zero-order chi connectivity index (χ0) is 12.7. The van der Waals surface area contributed by atoms with E-state index in [1.54, 1.807) is 4.68 Å². The summed E-state index contributed by atoms with van der Waals surface area (Å²) in [7, 11) is 0. The summed E-state index contributed by atoms with van der Waals surface area (Å²) in [5.41, 5.74) is 9.49. The van der Waals surface area contributed by atoms with Crippen LogP contribution in [0.3, 0.4) is 0 Å². The molecule has 0 spiro atoms. The van der Waals surface area contributed by atoms with E-state index in [-0.39, 0.29) is 0 Å². The van der Waals surface area contributed by atoms with Gasteiger partial charge in [-0.2, -0.15) is 5.10 Å². The van der Waals surface area contributed by atoms with Gasteiger partial charge in [0.05, 0.1) is 16.7 Å². The standard InChI is InChI=1S/C13H13N5/c1-8-7-9(2)18(17-8)13-12(14)15-10-5-3-4-6-11(10)16-13/h3-7H,1-2H3,(H2,14,15). The summed E-state index contributed by atoms with van der Waals surface area (Å²) in [6.45, 7) is 3.91. The summed E-state index contributed by atoms with van der Waals surface area (Å²) in [4.78, 5) is 8.89. The summed E-state index contributed by atoms with van der Waals surface area (Å²) in [5.74, 6) is 0.971. The van der Waals surface area contributed by atoms with E-state index in [0.29, 0.717) is 11.6 Å². The van der Waals surface area contributed by atoms with Crippen LogP contribution in [0.1, 0.15) is 11.4 Å². The molecule has 5 heteroatoms. The minimum Gasteiger partial charge on any atom is -0.381 e. The van der Waals surface area contributed by atoms with Crippen molar-refractivity contribution in [3.8, 4) is 5.82 Å². The first kappa shape index (κ1) is 10.7. The van der Waals surface area contributed by atoms with E-state index < -0.39 is 0 Å². The van der Waals surface area contributed by atoms with Gasteiger partial charge in [-0.15, -0.1) is 0 Å². The summed E-state index contributed by atoms with van der Waals surface area (Å²) >= 11 is 0. The molecule has 90 valence electrons. The van der Waals surface area contributed by atoms with Crippen molar-refractivity contribution in [1.82, 2.24) is 19.7 Å². The number of benzene rings is 1. The Bertz CT molecular complexity index is 729. The van der Waals surface area contributed by atoms with E-state index in [0.717, 1.165) is 22.4 Å². The van der Waals surface area contributed by atoms with Crippen LogP contribution in [0.15, 0.2) is 30.3 Å². The van der Waals surface area contributed by atoms with Crippen molar-refractivity contribution in [1.29, 1.82) is 0 Å². The van der Waals surface area contributed by atoms with Crippen LogP contribution in [0.25, 0.3) is 16.9 Å². The van der Waals surface area contributed by atoms with Gasteiger partial charge >= 0.3 is 0 Å². The first-order valence-corrected chi connectivity index (χ1v) is 5.71. The Labute approximate surface area is 104 Å². The lowest BCUT2D eigenvalue weighted by Crippen LogP contribution is -2.08. The minimum atomic E-state index is 0.389. The summed E-state index contributed by atoms with van der Waals surface area (Å²) < 4.78 is 1.73. The molecule has 0 amide bonds. The molecule has 0 unspecified atom stereocenters. The van der Waals surface area contributed by atoms with Gasteiger partial charge in [-0.3, -0.25) is 0 Å². The lowest BCUT2D eigenvalue weighted by atomic mass is 10.3. The van der Waals surface area contributed by atoms with Crippen LogP contribution in [0.5, 0.6) is 0 Å². The van der Waals surface area contributed by atoms with Crippen LogP contribution < -0.4 is 5.73 Å². The molecule has 3 rings (SSSR count). The Morgan fingerprint density at radius 2 is 1.72 bits per heavy atom. The highest BCUT2D eigenvalue weighted by Gasteiger charge is 2.11. The number of para-hydroxylation sites is 2. The van der Waals surface area contributed by atoms with Crippen molar-refractivity contribution >= 4 is 16.9 Å². The average Bonchev–Trinajstić information content (AvgIpc) is 2.67. The molecule has 3 aromatic rings. The fourth-order valence-electron chi connectivity index (χ4n) is 2.00. The third kappa shape index (κ3) is 1.60. The van der Waals surface area contributed by atoms with Gasteiger partial charge in [0.1, 0.15) is 0 Å². The molecule has 0 saturated carbocycles. The zero-order valence-corrected chi connectivity index (χ0v) is 10.3. The molecule has 2 heterocycles. The van der Waals surface area contributed by atoms with Gasteiger partial charge in [-0.05, 0) is 32.0 Å². The molecule has 18 heavy (non-hydrogen) atoms. The minimum absolute atomic E-state index is 0.389. The lowest BCUT2D eigenvalue weighted by Gasteiger charge is -2.07. The number of fused-ring (bicyclic) bond motifs is 1. The highest BCUT2D eigenvalue weighted by atomic mass is 15.3. The van der Waals surface area contributed by atoms with Crippen molar-refractivity contribution in [2.24, 2.45) is 0 Å². The number of anilines is 1. The number of nitrogen functional groups attached to an aromatic ring is 1. The fraction of sp³-hybridized carbons (Fsp3) is 0.154. The maximum Gasteiger partial charge on any atom is 0.197 e. The monoisotopic (exact) mass is 239 g/mol. The number of nitrogens with two attached hydrogens (primary N) is 1. The molecule has 0 saturated heterocycles. The number of aromatic nitrogens is 4. The zero-order valence-electron chi connectivity index (χ0n) is 10.3. The van der Waals surface area contributed by atoms with E-state index in [1.807, 2.05) is 44.2 Å². The van der Waals surface area contributed by atoms with Crippen molar-refractivity contribution < 1.29 is 0 Å². The van der Waals surface area contributed by atoms with Crippen molar-refractivity contribution in [3.63, 3.8) is 0 Å². The van der Waals surface area contributed by atoms with Crippen molar-refractivity contribution in [2.75, 3.05) is 5.73 Å². The fourth-order valence-corrected chi connectivity index (χ4v) is 2.00. The van der Waals surface area contributed by atoms with Crippen LogP contribution in [0.2, 0.25) is 0 Å². The van der Waals surface area contributed by atoms with Gasteiger partial charge < -0.3 is 5.73 Å². The molecule has 0 aliphatic carbocycles. The lowest BCUT2D eigenvalue weighted by molar-refractivity contribution is 0.809. The molecule has 0 aliphatic heterocycles. The van der Waals surface area contributed by atoms with Gasteiger partial charge in [0.15, 0.2) is 11.6 Å². The van der Waals surface area contributed by atoms with Gasteiger partial charge in [0.25, 0.3) is 0 Å². The number of aryl methyl sites for hydroxylation is 2. The average molecular weight is 239 g/mol. The van der Waals surface area contributed by atoms with E-state index in [1.165, 1.54) is 0 Å². The summed E-state index contributed by atoms with van der Waals surface area (Å²) in [6.07, 6.45) is 0. The second-order valence-electron chi connectivity index (χ2n) is 4.26. The smallest absolute Gasteiger partial charge is 0.197 e. The van der Waals surface area contributed by atoms with Crippen LogP contribution in [0.4, 0.5) is 5.82 Å². The first-order valence-electron chi connectivity index (χ1n) is 5.71. The van der Waals surface area contributed by atoms with Crippen LogP contribution >= 0.6 is 0 Å². The molecule has 0 aliphatic rings. The first-order chi connectivity index (χ1) is 8.65. The molecular formula is C13H13N5. The molecule has 2 N–H and O–H groups in total. The second kappa shape index (κ2) is 3.80. The van der Waals surface area contributed by atoms with E-state index in [2.05, 4.69) is 15.1 Å². The normalized spacial score (nSPS) is 11.0. The van der Waals surface area contributed by atoms with Crippen molar-refractivity contribution in [3.05, 3.63) is 41.7 Å². The third-order valence-corrected chi connectivity index (χ3v) is 2.79. The van der Waals surface area contributed by atoms with Gasteiger partial charge in [-0.25, -0.2) is 14.6 Å². The van der Waals surface area contributed by atoms with Gasteiger partial charge in [0, 0.05) is 5.69 Å². The van der Waals surface area contributed by atoms with Crippen LogP contribution in [-0.2, 0) is 0 Å². The molecule has 0 atom stereocenters. The summed E-state index contributed by atoms with van der Waals surface area (Å²) in [5, 5.41) is 4.38. The Morgan fingerprint density at radius 1 is 1.06 bits per heavy atom.